The maximum atomic E-state index is 6.23. The van der Waals surface area contributed by atoms with Crippen LogP contribution in [0.4, 0.5) is 0 Å². The maximum absolute atomic E-state index is 6.23. The predicted molar refractivity (Wildman–Crippen MR) is 91.2 cm³/mol. The highest BCUT2D eigenvalue weighted by molar-refractivity contribution is 9.09. The second kappa shape index (κ2) is 9.49. The molecule has 0 aliphatic heterocycles. The van der Waals surface area contributed by atoms with Crippen molar-refractivity contribution >= 4 is 15.9 Å². The average Bonchev–Trinajstić information content (AvgIpc) is 2.46. The van der Waals surface area contributed by atoms with Crippen LogP contribution in [0.5, 0.6) is 0 Å². The normalized spacial score (nSPS) is 27.0. The van der Waals surface area contributed by atoms with E-state index >= 15 is 0 Å². The molecule has 0 N–H and O–H groups in total. The first kappa shape index (κ1) is 19.4. The molecule has 0 aromatic rings. The highest BCUT2D eigenvalue weighted by Gasteiger charge is 2.38. The molecular weight excluding hydrogens is 332 g/mol. The highest BCUT2D eigenvalue weighted by Crippen LogP contribution is 2.43. The molecule has 0 amide bonds. The van der Waals surface area contributed by atoms with Crippen LogP contribution in [0.2, 0.25) is 0 Å². The van der Waals surface area contributed by atoms with Gasteiger partial charge in [-0.05, 0) is 43.4 Å². The summed E-state index contributed by atoms with van der Waals surface area (Å²) in [5.41, 5.74) is 0.474. The van der Waals surface area contributed by atoms with Gasteiger partial charge in [0.2, 0.25) is 0 Å². The third-order valence-corrected chi connectivity index (χ3v) is 5.66. The molecule has 0 bridgehead atoms. The van der Waals surface area contributed by atoms with Gasteiger partial charge in [0, 0.05) is 25.7 Å². The summed E-state index contributed by atoms with van der Waals surface area (Å²) < 4.78 is 16.7. The van der Waals surface area contributed by atoms with Crippen LogP contribution in [-0.4, -0.2) is 44.5 Å². The van der Waals surface area contributed by atoms with Crippen LogP contribution in [-0.2, 0) is 14.2 Å². The standard InChI is InChI=1S/C17H33BrO3/c1-16(2,3)15-6-8-17(14-18,9-7-15)21-11-5-10-20-13-12-19-4/h15H,5-14H2,1-4H3. The molecule has 126 valence electrons. The molecular formula is C17H33BrO3. The zero-order chi connectivity index (χ0) is 15.8. The third-order valence-electron chi connectivity index (χ3n) is 4.64. The van der Waals surface area contributed by atoms with Gasteiger partial charge in [-0.15, -0.1) is 0 Å². The first-order chi connectivity index (χ1) is 9.93. The van der Waals surface area contributed by atoms with Crippen LogP contribution in [0, 0.1) is 11.3 Å². The van der Waals surface area contributed by atoms with E-state index < -0.39 is 0 Å². The van der Waals surface area contributed by atoms with Crippen LogP contribution in [0.15, 0.2) is 0 Å². The molecule has 0 aromatic heterocycles. The molecule has 0 saturated heterocycles. The molecule has 0 radical (unpaired) electrons. The lowest BCUT2D eigenvalue weighted by Gasteiger charge is -2.43. The molecule has 4 heteroatoms. The fourth-order valence-corrected chi connectivity index (χ4v) is 3.74. The summed E-state index contributed by atoms with van der Waals surface area (Å²) in [4.78, 5) is 0. The topological polar surface area (TPSA) is 27.7 Å². The number of halogens is 1. The van der Waals surface area contributed by atoms with Gasteiger partial charge in [-0.2, -0.15) is 0 Å². The van der Waals surface area contributed by atoms with Crippen molar-refractivity contribution in [3.8, 4) is 0 Å². The molecule has 1 saturated carbocycles. The summed E-state index contributed by atoms with van der Waals surface area (Å²) in [5.74, 6) is 0.825. The Kier molecular flexibility index (Phi) is 8.77. The van der Waals surface area contributed by atoms with Crippen molar-refractivity contribution in [2.45, 2.75) is 58.5 Å². The lowest BCUT2D eigenvalue weighted by Crippen LogP contribution is -2.41. The van der Waals surface area contributed by atoms with Gasteiger partial charge >= 0.3 is 0 Å². The Bertz CT molecular complexity index is 268. The van der Waals surface area contributed by atoms with Gasteiger partial charge in [0.25, 0.3) is 0 Å². The van der Waals surface area contributed by atoms with Crippen molar-refractivity contribution in [1.29, 1.82) is 0 Å². The van der Waals surface area contributed by atoms with Gasteiger partial charge in [0.15, 0.2) is 0 Å². The maximum Gasteiger partial charge on any atom is 0.0779 e. The first-order valence-electron chi connectivity index (χ1n) is 8.20. The van der Waals surface area contributed by atoms with E-state index in [-0.39, 0.29) is 5.60 Å². The van der Waals surface area contributed by atoms with E-state index in [0.717, 1.165) is 30.9 Å². The number of methoxy groups -OCH3 is 1. The summed E-state index contributed by atoms with van der Waals surface area (Å²) in [6, 6.07) is 0. The monoisotopic (exact) mass is 364 g/mol. The number of hydrogen-bond donors (Lipinski definition) is 0. The number of rotatable bonds is 9. The van der Waals surface area contributed by atoms with Crippen molar-refractivity contribution in [3.63, 3.8) is 0 Å². The molecule has 21 heavy (non-hydrogen) atoms. The SMILES string of the molecule is COCCOCCCOC1(CBr)CCC(C(C)(C)C)CC1. The van der Waals surface area contributed by atoms with E-state index in [4.69, 9.17) is 14.2 Å². The van der Waals surface area contributed by atoms with Crippen LogP contribution in [0.25, 0.3) is 0 Å². The Balaban J connectivity index is 2.22. The fourth-order valence-electron chi connectivity index (χ4n) is 3.02. The predicted octanol–water partition coefficient (Wildman–Crippen LogP) is 4.43. The van der Waals surface area contributed by atoms with E-state index in [1.54, 1.807) is 7.11 Å². The highest BCUT2D eigenvalue weighted by atomic mass is 79.9. The minimum absolute atomic E-state index is 0.0499. The van der Waals surface area contributed by atoms with Gasteiger partial charge in [0.1, 0.15) is 0 Å². The second-order valence-corrected chi connectivity index (χ2v) is 7.82. The summed E-state index contributed by atoms with van der Waals surface area (Å²) in [7, 11) is 1.69. The molecule has 1 aliphatic carbocycles. The number of alkyl halides is 1. The zero-order valence-electron chi connectivity index (χ0n) is 14.3. The largest absolute Gasteiger partial charge is 0.382 e. The lowest BCUT2D eigenvalue weighted by molar-refractivity contribution is -0.0745. The summed E-state index contributed by atoms with van der Waals surface area (Å²) in [5, 5.41) is 0.946. The Labute approximate surface area is 139 Å². The van der Waals surface area contributed by atoms with E-state index in [1.807, 2.05) is 0 Å². The molecule has 0 aromatic carbocycles. The van der Waals surface area contributed by atoms with Crippen LogP contribution in [0.1, 0.15) is 52.9 Å². The molecule has 3 nitrogen and oxygen atoms in total. The van der Waals surface area contributed by atoms with Crippen molar-refractivity contribution in [2.24, 2.45) is 11.3 Å². The van der Waals surface area contributed by atoms with Gasteiger partial charge in [-0.1, -0.05) is 36.7 Å². The molecule has 1 rings (SSSR count). The summed E-state index contributed by atoms with van der Waals surface area (Å²) in [6.07, 6.45) is 5.86. The lowest BCUT2D eigenvalue weighted by atomic mass is 9.69. The minimum atomic E-state index is 0.0499. The van der Waals surface area contributed by atoms with Crippen molar-refractivity contribution < 1.29 is 14.2 Å². The van der Waals surface area contributed by atoms with Gasteiger partial charge in [-0.3, -0.25) is 0 Å². The van der Waals surface area contributed by atoms with Crippen LogP contribution in [0.3, 0.4) is 0 Å². The van der Waals surface area contributed by atoms with Crippen molar-refractivity contribution in [1.82, 2.24) is 0 Å². The van der Waals surface area contributed by atoms with Crippen molar-refractivity contribution in [2.75, 3.05) is 38.9 Å². The molecule has 0 unspecified atom stereocenters. The minimum Gasteiger partial charge on any atom is -0.382 e. The first-order valence-corrected chi connectivity index (χ1v) is 9.32. The number of hydrogen-bond acceptors (Lipinski definition) is 3. The van der Waals surface area contributed by atoms with Crippen LogP contribution < -0.4 is 0 Å². The van der Waals surface area contributed by atoms with Gasteiger partial charge < -0.3 is 14.2 Å². The second-order valence-electron chi connectivity index (χ2n) is 7.26. The van der Waals surface area contributed by atoms with Crippen LogP contribution >= 0.6 is 15.9 Å². The van der Waals surface area contributed by atoms with E-state index in [0.29, 0.717) is 18.6 Å². The quantitative estimate of drug-likeness (QED) is 0.447. The zero-order valence-corrected chi connectivity index (χ0v) is 15.8. The van der Waals surface area contributed by atoms with Gasteiger partial charge in [0.05, 0.1) is 18.8 Å². The fraction of sp³-hybridized carbons (Fsp3) is 1.00. The Hall–Kier alpha value is 0.360. The molecule has 0 atom stereocenters. The Morgan fingerprint density at radius 1 is 1.05 bits per heavy atom. The van der Waals surface area contributed by atoms with E-state index in [2.05, 4.69) is 36.7 Å². The third kappa shape index (κ3) is 6.98. The average molecular weight is 365 g/mol. The summed E-state index contributed by atoms with van der Waals surface area (Å²) in [6.45, 7) is 9.96. The molecule has 1 fully saturated rings. The Morgan fingerprint density at radius 3 is 2.24 bits per heavy atom. The van der Waals surface area contributed by atoms with Gasteiger partial charge in [-0.25, -0.2) is 0 Å². The molecule has 0 heterocycles. The summed E-state index contributed by atoms with van der Waals surface area (Å²) >= 11 is 3.67. The molecule has 0 spiro atoms. The van der Waals surface area contributed by atoms with E-state index in [9.17, 15) is 0 Å². The van der Waals surface area contributed by atoms with E-state index in [1.165, 1.54) is 25.7 Å². The Morgan fingerprint density at radius 2 is 1.71 bits per heavy atom. The van der Waals surface area contributed by atoms with Crippen molar-refractivity contribution in [3.05, 3.63) is 0 Å². The smallest absolute Gasteiger partial charge is 0.0779 e. The molecule has 1 aliphatic rings. The number of ether oxygens (including phenoxy) is 3.